The highest BCUT2D eigenvalue weighted by molar-refractivity contribution is 7.87. The minimum absolute atomic E-state index is 0.0422. The van der Waals surface area contributed by atoms with E-state index in [1.807, 2.05) is 0 Å². The van der Waals surface area contributed by atoms with Gasteiger partial charge < -0.3 is 17.8 Å². The molecule has 0 spiro atoms. The molecule has 0 saturated carbocycles. The Hall–Kier alpha value is -4.45. The molecule has 1 unspecified atom stereocenters. The molecule has 0 aliphatic carbocycles. The van der Waals surface area contributed by atoms with Crippen molar-refractivity contribution < 1.29 is 39.5 Å². The zero-order chi connectivity index (χ0) is 31.6. The van der Waals surface area contributed by atoms with Gasteiger partial charge in [0.1, 0.15) is 21.3 Å². The molecule has 0 aliphatic heterocycles. The minimum Gasteiger partial charge on any atom is -0.436 e. The predicted octanol–water partition coefficient (Wildman–Crippen LogP) is 6.38. The Morgan fingerprint density at radius 2 is 1.20 bits per heavy atom. The van der Waals surface area contributed by atoms with Crippen molar-refractivity contribution in [3.8, 4) is 11.5 Å². The Balaban J connectivity index is 1.40. The molecule has 0 heterocycles. The molecule has 4 rings (SSSR count). The fourth-order valence-corrected chi connectivity index (χ4v) is 6.11. The number of benzene rings is 4. The molecule has 44 heavy (non-hydrogen) atoms. The van der Waals surface area contributed by atoms with Gasteiger partial charge in [-0.15, -0.1) is 6.58 Å². The number of hydrogen-bond acceptors (Lipinski definition) is 9. The Morgan fingerprint density at radius 3 is 1.66 bits per heavy atom. The van der Waals surface area contributed by atoms with Gasteiger partial charge in [0, 0.05) is 13.3 Å². The normalized spacial score (nSPS) is 12.9. The SMILES string of the molecule is C=CC[C@H](OC(CCc1ccc(OS(=O)(=O)c2ccccc2)cc1)OC(C)=O)c1ccc(OS(=O)(=O)c2ccccc2)cc1. The predicted molar refractivity (Wildman–Crippen MR) is 164 cm³/mol. The number of esters is 1. The summed E-state index contributed by atoms with van der Waals surface area (Å²) in [5, 5.41) is 0. The Bertz CT molecular complexity index is 1740. The lowest BCUT2D eigenvalue weighted by molar-refractivity contribution is -0.190. The van der Waals surface area contributed by atoms with Gasteiger partial charge in [-0.25, -0.2) is 0 Å². The highest BCUT2D eigenvalue weighted by atomic mass is 32.2. The molecule has 11 heteroatoms. The summed E-state index contributed by atoms with van der Waals surface area (Å²) < 4.78 is 72.2. The van der Waals surface area contributed by atoms with Gasteiger partial charge in [0.15, 0.2) is 0 Å². The molecule has 0 bridgehead atoms. The van der Waals surface area contributed by atoms with Gasteiger partial charge >= 0.3 is 26.2 Å². The van der Waals surface area contributed by atoms with Crippen molar-refractivity contribution in [1.29, 1.82) is 0 Å². The summed E-state index contributed by atoms with van der Waals surface area (Å²) in [6, 6.07) is 28.7. The van der Waals surface area contributed by atoms with E-state index in [0.29, 0.717) is 24.8 Å². The maximum Gasteiger partial charge on any atom is 0.339 e. The number of aryl methyl sites for hydroxylation is 1. The van der Waals surface area contributed by atoms with Crippen LogP contribution in [0.2, 0.25) is 0 Å². The average molecular weight is 637 g/mol. The van der Waals surface area contributed by atoms with E-state index in [-0.39, 0.29) is 21.3 Å². The van der Waals surface area contributed by atoms with Crippen molar-refractivity contribution in [2.45, 2.75) is 48.4 Å². The fraction of sp³-hybridized carbons (Fsp3) is 0.182. The highest BCUT2D eigenvalue weighted by Gasteiger charge is 2.22. The Kier molecular flexibility index (Phi) is 10.9. The van der Waals surface area contributed by atoms with E-state index < -0.39 is 38.6 Å². The van der Waals surface area contributed by atoms with Crippen molar-refractivity contribution in [2.75, 3.05) is 0 Å². The summed E-state index contributed by atoms with van der Waals surface area (Å²) in [5.41, 5.74) is 1.55. The summed E-state index contributed by atoms with van der Waals surface area (Å²) in [4.78, 5) is 12.0. The van der Waals surface area contributed by atoms with Gasteiger partial charge in [-0.3, -0.25) is 4.79 Å². The summed E-state index contributed by atoms with van der Waals surface area (Å²) in [5.74, 6) is -0.215. The first-order chi connectivity index (χ1) is 21.1. The summed E-state index contributed by atoms with van der Waals surface area (Å²) in [6.45, 7) is 5.08. The lowest BCUT2D eigenvalue weighted by atomic mass is 10.1. The van der Waals surface area contributed by atoms with E-state index >= 15 is 0 Å². The number of carbonyl (C=O) groups is 1. The molecule has 0 aliphatic rings. The number of hydrogen-bond donors (Lipinski definition) is 0. The third kappa shape index (κ3) is 9.27. The van der Waals surface area contributed by atoms with Crippen LogP contribution >= 0.6 is 0 Å². The highest BCUT2D eigenvalue weighted by Crippen LogP contribution is 2.28. The molecule has 0 radical (unpaired) electrons. The maximum atomic E-state index is 12.6. The van der Waals surface area contributed by atoms with Crippen LogP contribution < -0.4 is 8.37 Å². The molecular formula is C33H32O9S2. The van der Waals surface area contributed by atoms with E-state index in [1.54, 1.807) is 78.9 Å². The minimum atomic E-state index is -3.99. The van der Waals surface area contributed by atoms with E-state index in [2.05, 4.69) is 6.58 Å². The third-order valence-corrected chi connectivity index (χ3v) is 8.84. The van der Waals surface area contributed by atoms with Crippen LogP contribution in [0.5, 0.6) is 11.5 Å². The summed E-state index contributed by atoms with van der Waals surface area (Å²) >= 11 is 0. The first-order valence-electron chi connectivity index (χ1n) is 13.7. The van der Waals surface area contributed by atoms with Gasteiger partial charge in [-0.05, 0) is 72.5 Å². The van der Waals surface area contributed by atoms with E-state index in [0.717, 1.165) is 5.56 Å². The molecule has 0 aromatic heterocycles. The van der Waals surface area contributed by atoms with Crippen molar-refractivity contribution >= 4 is 26.2 Å². The number of ether oxygens (including phenoxy) is 2. The van der Waals surface area contributed by atoms with Crippen LogP contribution in [0.4, 0.5) is 0 Å². The van der Waals surface area contributed by atoms with Crippen LogP contribution in [0.1, 0.15) is 37.0 Å². The monoisotopic (exact) mass is 636 g/mol. The van der Waals surface area contributed by atoms with Crippen molar-refractivity contribution in [2.24, 2.45) is 0 Å². The molecule has 4 aromatic rings. The first-order valence-corrected chi connectivity index (χ1v) is 16.5. The second-order valence-corrected chi connectivity index (χ2v) is 12.7. The molecule has 0 N–H and O–H groups in total. The lowest BCUT2D eigenvalue weighted by Crippen LogP contribution is -2.23. The largest absolute Gasteiger partial charge is 0.436 e. The van der Waals surface area contributed by atoms with Gasteiger partial charge in [0.2, 0.25) is 6.29 Å². The van der Waals surface area contributed by atoms with Crippen LogP contribution in [0.15, 0.2) is 132 Å². The van der Waals surface area contributed by atoms with Crippen LogP contribution in [0.3, 0.4) is 0 Å². The van der Waals surface area contributed by atoms with Crippen molar-refractivity contribution in [3.05, 3.63) is 133 Å². The molecule has 9 nitrogen and oxygen atoms in total. The average Bonchev–Trinajstić information content (AvgIpc) is 3.01. The molecule has 4 aromatic carbocycles. The van der Waals surface area contributed by atoms with Crippen molar-refractivity contribution in [3.63, 3.8) is 0 Å². The summed E-state index contributed by atoms with van der Waals surface area (Å²) in [6.07, 6.45) is 1.38. The number of carbonyl (C=O) groups excluding carboxylic acids is 1. The zero-order valence-corrected chi connectivity index (χ0v) is 25.6. The van der Waals surface area contributed by atoms with Gasteiger partial charge in [-0.1, -0.05) is 66.7 Å². The zero-order valence-electron chi connectivity index (χ0n) is 23.9. The maximum absolute atomic E-state index is 12.6. The topological polar surface area (TPSA) is 122 Å². The molecule has 0 saturated heterocycles. The van der Waals surface area contributed by atoms with Crippen LogP contribution in [0, 0.1) is 0 Å². The molecule has 230 valence electrons. The molecule has 2 atom stereocenters. The van der Waals surface area contributed by atoms with E-state index in [1.165, 1.54) is 43.3 Å². The quantitative estimate of drug-likeness (QED) is 0.0633. The second kappa shape index (κ2) is 14.8. The smallest absolute Gasteiger partial charge is 0.339 e. The third-order valence-electron chi connectivity index (χ3n) is 6.31. The second-order valence-electron chi connectivity index (χ2n) is 9.64. The molecular weight excluding hydrogens is 604 g/mol. The lowest BCUT2D eigenvalue weighted by Gasteiger charge is -2.24. The summed E-state index contributed by atoms with van der Waals surface area (Å²) in [7, 11) is -7.95. The van der Waals surface area contributed by atoms with Crippen molar-refractivity contribution in [1.82, 2.24) is 0 Å². The molecule has 0 fully saturated rings. The van der Waals surface area contributed by atoms with Crippen LogP contribution in [0.25, 0.3) is 0 Å². The Morgan fingerprint density at radius 1 is 0.727 bits per heavy atom. The van der Waals surface area contributed by atoms with E-state index in [4.69, 9.17) is 17.8 Å². The standard InChI is InChI=1S/C33H32O9S2/c1-3-10-32(27-18-22-29(23-19-27)42-44(37,38)31-13-8-5-9-14-31)40-33(39-25(2)34)24-17-26-15-20-28(21-16-26)41-43(35,36)30-11-6-4-7-12-30/h3-9,11-16,18-23,32-33H,1,10,17,24H2,2H3/t32-,33?/m0/s1. The van der Waals surface area contributed by atoms with E-state index in [9.17, 15) is 21.6 Å². The number of rotatable bonds is 15. The fourth-order valence-electron chi connectivity index (χ4n) is 4.20. The Labute approximate surface area is 257 Å². The molecule has 0 amide bonds. The van der Waals surface area contributed by atoms with Gasteiger partial charge in [-0.2, -0.15) is 16.8 Å². The van der Waals surface area contributed by atoms with Crippen LogP contribution in [-0.4, -0.2) is 29.1 Å². The van der Waals surface area contributed by atoms with Gasteiger partial charge in [0.25, 0.3) is 0 Å². The van der Waals surface area contributed by atoms with Gasteiger partial charge in [0.05, 0.1) is 6.10 Å². The van der Waals surface area contributed by atoms with Crippen LogP contribution in [-0.2, 0) is 40.9 Å². The first kappa shape index (κ1) is 32.5.